The van der Waals surface area contributed by atoms with Crippen molar-refractivity contribution in [2.75, 3.05) is 6.54 Å². The molecule has 18 heavy (non-hydrogen) atoms. The molecule has 1 aromatic carbocycles. The van der Waals surface area contributed by atoms with Gasteiger partial charge in [0.05, 0.1) is 0 Å². The SMILES string of the molecule is CCc1ccccc1CN1CCCCC1C(=O)O. The Bertz CT molecular complexity index is 417. The molecule has 1 atom stereocenters. The van der Waals surface area contributed by atoms with Crippen LogP contribution in [0.2, 0.25) is 0 Å². The minimum Gasteiger partial charge on any atom is -0.480 e. The standard InChI is InChI=1S/C15H21NO2/c1-2-12-7-3-4-8-13(12)11-16-10-6-5-9-14(16)15(17)18/h3-4,7-8,14H,2,5-6,9-11H2,1H3,(H,17,18). The van der Waals surface area contributed by atoms with Gasteiger partial charge in [0.2, 0.25) is 0 Å². The van der Waals surface area contributed by atoms with Gasteiger partial charge in [0.25, 0.3) is 0 Å². The van der Waals surface area contributed by atoms with E-state index >= 15 is 0 Å². The number of hydrogen-bond donors (Lipinski definition) is 1. The van der Waals surface area contributed by atoms with Crippen LogP contribution in [0.25, 0.3) is 0 Å². The highest BCUT2D eigenvalue weighted by molar-refractivity contribution is 5.73. The number of piperidine rings is 1. The molecule has 0 radical (unpaired) electrons. The molecule has 1 aliphatic heterocycles. The van der Waals surface area contributed by atoms with Gasteiger partial charge in [0.1, 0.15) is 6.04 Å². The van der Waals surface area contributed by atoms with E-state index in [2.05, 4.69) is 24.0 Å². The van der Waals surface area contributed by atoms with Crippen LogP contribution in [0.1, 0.15) is 37.3 Å². The maximum atomic E-state index is 11.3. The van der Waals surface area contributed by atoms with Crippen LogP contribution in [0.3, 0.4) is 0 Å². The Balaban J connectivity index is 2.13. The monoisotopic (exact) mass is 247 g/mol. The van der Waals surface area contributed by atoms with Crippen molar-refractivity contribution in [1.29, 1.82) is 0 Å². The molecule has 1 saturated heterocycles. The minimum atomic E-state index is -0.677. The lowest BCUT2D eigenvalue weighted by Gasteiger charge is -2.33. The molecule has 0 amide bonds. The molecule has 1 fully saturated rings. The van der Waals surface area contributed by atoms with Crippen LogP contribution in [0.4, 0.5) is 0 Å². The lowest BCUT2D eigenvalue weighted by molar-refractivity contribution is -0.144. The van der Waals surface area contributed by atoms with Gasteiger partial charge < -0.3 is 5.11 Å². The Morgan fingerprint density at radius 1 is 1.33 bits per heavy atom. The highest BCUT2D eigenvalue weighted by Gasteiger charge is 2.28. The fourth-order valence-electron chi connectivity index (χ4n) is 2.74. The smallest absolute Gasteiger partial charge is 0.320 e. The largest absolute Gasteiger partial charge is 0.480 e. The third-order valence-corrected chi connectivity index (χ3v) is 3.77. The Morgan fingerprint density at radius 3 is 2.72 bits per heavy atom. The van der Waals surface area contributed by atoms with Crippen LogP contribution in [0.5, 0.6) is 0 Å². The number of benzene rings is 1. The van der Waals surface area contributed by atoms with Gasteiger partial charge >= 0.3 is 5.97 Å². The fourth-order valence-corrected chi connectivity index (χ4v) is 2.74. The van der Waals surface area contributed by atoms with Crippen molar-refractivity contribution in [2.24, 2.45) is 0 Å². The molecule has 0 saturated carbocycles. The molecule has 1 aromatic rings. The van der Waals surface area contributed by atoms with Gasteiger partial charge in [-0.05, 0) is 36.9 Å². The second kappa shape index (κ2) is 6.01. The number of aliphatic carboxylic acids is 1. The van der Waals surface area contributed by atoms with Crippen molar-refractivity contribution < 1.29 is 9.90 Å². The Hall–Kier alpha value is -1.35. The summed E-state index contributed by atoms with van der Waals surface area (Å²) in [5.41, 5.74) is 2.60. The van der Waals surface area contributed by atoms with E-state index in [0.717, 1.165) is 38.8 Å². The highest BCUT2D eigenvalue weighted by Crippen LogP contribution is 2.21. The molecule has 2 rings (SSSR count). The van der Waals surface area contributed by atoms with Gasteiger partial charge in [-0.25, -0.2) is 0 Å². The van der Waals surface area contributed by atoms with E-state index in [1.54, 1.807) is 0 Å². The van der Waals surface area contributed by atoms with Gasteiger partial charge in [0.15, 0.2) is 0 Å². The second-order valence-electron chi connectivity index (χ2n) is 4.94. The molecule has 0 aliphatic carbocycles. The maximum absolute atomic E-state index is 11.3. The van der Waals surface area contributed by atoms with Gasteiger partial charge in [-0.2, -0.15) is 0 Å². The summed E-state index contributed by atoms with van der Waals surface area (Å²) in [6.45, 7) is 3.81. The van der Waals surface area contributed by atoms with Crippen LogP contribution in [-0.4, -0.2) is 28.6 Å². The number of carboxylic acid groups (broad SMARTS) is 1. The van der Waals surface area contributed by atoms with Gasteiger partial charge in [-0.15, -0.1) is 0 Å². The summed E-state index contributed by atoms with van der Waals surface area (Å²) in [6.07, 6.45) is 3.92. The number of likely N-dealkylation sites (tertiary alicyclic amines) is 1. The van der Waals surface area contributed by atoms with Crippen molar-refractivity contribution >= 4 is 5.97 Å². The zero-order chi connectivity index (χ0) is 13.0. The van der Waals surface area contributed by atoms with Crippen molar-refractivity contribution in [2.45, 2.75) is 45.2 Å². The molecule has 0 aromatic heterocycles. The van der Waals surface area contributed by atoms with Crippen LogP contribution >= 0.6 is 0 Å². The quantitative estimate of drug-likeness (QED) is 0.889. The molecule has 3 nitrogen and oxygen atoms in total. The van der Waals surface area contributed by atoms with Crippen molar-refractivity contribution in [3.05, 3.63) is 35.4 Å². The molecule has 98 valence electrons. The average Bonchev–Trinajstić information content (AvgIpc) is 2.40. The molecule has 1 unspecified atom stereocenters. The second-order valence-corrected chi connectivity index (χ2v) is 4.94. The summed E-state index contributed by atoms with van der Waals surface area (Å²) in [7, 11) is 0. The summed E-state index contributed by atoms with van der Waals surface area (Å²) in [6, 6.07) is 8.03. The first kappa shape index (κ1) is 13.1. The molecule has 0 bridgehead atoms. The summed E-state index contributed by atoms with van der Waals surface area (Å²) in [5.74, 6) is -0.677. The van der Waals surface area contributed by atoms with E-state index in [1.807, 2.05) is 12.1 Å². The van der Waals surface area contributed by atoms with Crippen molar-refractivity contribution in [3.63, 3.8) is 0 Å². The van der Waals surface area contributed by atoms with Gasteiger partial charge in [-0.3, -0.25) is 9.69 Å². The van der Waals surface area contributed by atoms with Crippen LogP contribution in [0.15, 0.2) is 24.3 Å². The number of carbonyl (C=O) groups is 1. The Morgan fingerprint density at radius 2 is 2.06 bits per heavy atom. The summed E-state index contributed by atoms with van der Waals surface area (Å²) in [5, 5.41) is 9.27. The Labute approximate surface area is 108 Å². The molecule has 1 aliphatic rings. The lowest BCUT2D eigenvalue weighted by Crippen LogP contribution is -2.44. The number of hydrogen-bond acceptors (Lipinski definition) is 2. The first-order valence-corrected chi connectivity index (χ1v) is 6.76. The van der Waals surface area contributed by atoms with E-state index < -0.39 is 5.97 Å². The topological polar surface area (TPSA) is 40.5 Å². The molecule has 1 heterocycles. The number of nitrogens with zero attached hydrogens (tertiary/aromatic N) is 1. The predicted molar refractivity (Wildman–Crippen MR) is 71.5 cm³/mol. The first-order chi connectivity index (χ1) is 8.72. The van der Waals surface area contributed by atoms with Gasteiger partial charge in [-0.1, -0.05) is 37.6 Å². The zero-order valence-electron chi connectivity index (χ0n) is 10.9. The summed E-state index contributed by atoms with van der Waals surface area (Å²) >= 11 is 0. The number of aryl methyl sites for hydroxylation is 1. The highest BCUT2D eigenvalue weighted by atomic mass is 16.4. The third kappa shape index (κ3) is 2.91. The van der Waals surface area contributed by atoms with Gasteiger partial charge in [0, 0.05) is 6.54 Å². The summed E-state index contributed by atoms with van der Waals surface area (Å²) in [4.78, 5) is 13.4. The van der Waals surface area contributed by atoms with E-state index in [1.165, 1.54) is 11.1 Å². The molecular formula is C15H21NO2. The van der Waals surface area contributed by atoms with Crippen LogP contribution in [-0.2, 0) is 17.8 Å². The number of carboxylic acids is 1. The first-order valence-electron chi connectivity index (χ1n) is 6.76. The molecule has 0 spiro atoms. The minimum absolute atomic E-state index is 0.302. The lowest BCUT2D eigenvalue weighted by atomic mass is 9.99. The van der Waals surface area contributed by atoms with Crippen molar-refractivity contribution in [3.8, 4) is 0 Å². The maximum Gasteiger partial charge on any atom is 0.320 e. The normalized spacial score (nSPS) is 20.8. The molecular weight excluding hydrogens is 226 g/mol. The predicted octanol–water partition coefficient (Wildman–Crippen LogP) is 2.69. The van der Waals surface area contributed by atoms with E-state index in [0.29, 0.717) is 0 Å². The fraction of sp³-hybridized carbons (Fsp3) is 0.533. The van der Waals surface area contributed by atoms with Crippen LogP contribution in [0, 0.1) is 0 Å². The summed E-state index contributed by atoms with van der Waals surface area (Å²) < 4.78 is 0. The number of rotatable bonds is 4. The van der Waals surface area contributed by atoms with E-state index in [4.69, 9.17) is 0 Å². The third-order valence-electron chi connectivity index (χ3n) is 3.77. The Kier molecular flexibility index (Phi) is 4.37. The average molecular weight is 247 g/mol. The molecule has 3 heteroatoms. The zero-order valence-corrected chi connectivity index (χ0v) is 10.9. The molecule has 1 N–H and O–H groups in total. The van der Waals surface area contributed by atoms with Crippen LogP contribution < -0.4 is 0 Å². The van der Waals surface area contributed by atoms with E-state index in [9.17, 15) is 9.90 Å². The van der Waals surface area contributed by atoms with E-state index in [-0.39, 0.29) is 6.04 Å². The van der Waals surface area contributed by atoms with Crippen molar-refractivity contribution in [1.82, 2.24) is 4.90 Å².